The molecule has 194 valence electrons. The molecule has 3 atom stereocenters. The molecule has 0 amide bonds. The molecule has 1 saturated heterocycles. The minimum absolute atomic E-state index is 0.129. The molecule has 1 aliphatic heterocycles. The lowest BCUT2D eigenvalue weighted by Crippen LogP contribution is -2.40. The fraction of sp³-hybridized carbons (Fsp3) is 0.655. The first-order valence-electron chi connectivity index (χ1n) is 13.1. The number of aliphatic hydroxyl groups excluding tert-OH is 1. The first kappa shape index (κ1) is 27.3. The van der Waals surface area contributed by atoms with Crippen LogP contribution in [0.25, 0.3) is 11.0 Å². The van der Waals surface area contributed by atoms with Crippen molar-refractivity contribution in [1.29, 1.82) is 0 Å². The Bertz CT molecular complexity index is 933. The molecular weight excluding hydrogens is 444 g/mol. The summed E-state index contributed by atoms with van der Waals surface area (Å²) in [6.45, 7) is 10.2. The molecule has 0 aliphatic carbocycles. The summed E-state index contributed by atoms with van der Waals surface area (Å²) >= 11 is 0. The quantitative estimate of drug-likeness (QED) is 0.353. The number of cyclic esters (lactones) is 1. The topological polar surface area (TPSA) is 86.0 Å². The number of carbonyl (C=O) groups is 2. The lowest BCUT2D eigenvalue weighted by Gasteiger charge is -2.25. The Labute approximate surface area is 209 Å². The number of para-hydroxylation sites is 1. The van der Waals surface area contributed by atoms with Crippen molar-refractivity contribution in [1.82, 2.24) is 0 Å². The van der Waals surface area contributed by atoms with Crippen LogP contribution in [0.2, 0.25) is 0 Å². The number of benzene rings is 1. The molecule has 35 heavy (non-hydrogen) atoms. The average molecular weight is 487 g/mol. The van der Waals surface area contributed by atoms with Gasteiger partial charge in [0.15, 0.2) is 5.60 Å². The summed E-state index contributed by atoms with van der Waals surface area (Å²) in [5.41, 5.74) is -0.363. The van der Waals surface area contributed by atoms with Crippen LogP contribution < -0.4 is 0 Å². The van der Waals surface area contributed by atoms with E-state index in [1.54, 1.807) is 6.92 Å². The molecule has 1 unspecified atom stereocenters. The first-order valence-corrected chi connectivity index (χ1v) is 13.1. The van der Waals surface area contributed by atoms with Gasteiger partial charge in [0, 0.05) is 18.2 Å². The highest BCUT2D eigenvalue weighted by atomic mass is 16.6. The van der Waals surface area contributed by atoms with E-state index in [0.717, 1.165) is 42.4 Å². The van der Waals surface area contributed by atoms with Crippen molar-refractivity contribution in [2.75, 3.05) is 13.2 Å². The zero-order valence-corrected chi connectivity index (χ0v) is 21.9. The second-order valence-electron chi connectivity index (χ2n) is 11.3. The summed E-state index contributed by atoms with van der Waals surface area (Å²) in [7, 11) is 0. The number of aliphatic hydroxyl groups is 1. The summed E-state index contributed by atoms with van der Waals surface area (Å²) < 4.78 is 17.0. The highest BCUT2D eigenvalue weighted by Crippen LogP contribution is 2.36. The maximum atomic E-state index is 12.7. The van der Waals surface area contributed by atoms with E-state index in [1.807, 2.05) is 30.3 Å². The van der Waals surface area contributed by atoms with Crippen molar-refractivity contribution in [3.8, 4) is 0 Å². The molecule has 1 aliphatic rings. The van der Waals surface area contributed by atoms with Crippen LogP contribution in [0.3, 0.4) is 0 Å². The zero-order chi connectivity index (χ0) is 25.6. The molecule has 0 saturated carbocycles. The largest absolute Gasteiger partial charge is 0.461 e. The van der Waals surface area contributed by atoms with E-state index in [4.69, 9.17) is 13.9 Å². The summed E-state index contributed by atoms with van der Waals surface area (Å²) in [6, 6.07) is 9.65. The minimum atomic E-state index is -1.15. The fourth-order valence-corrected chi connectivity index (χ4v) is 5.29. The maximum absolute atomic E-state index is 12.7. The number of furan rings is 1. The third-order valence-corrected chi connectivity index (χ3v) is 6.95. The molecule has 2 aromatic rings. The number of hydrogen-bond acceptors (Lipinski definition) is 6. The van der Waals surface area contributed by atoms with Crippen molar-refractivity contribution in [2.24, 2.45) is 29.6 Å². The van der Waals surface area contributed by atoms with E-state index in [-0.39, 0.29) is 25.1 Å². The first-order chi connectivity index (χ1) is 16.6. The van der Waals surface area contributed by atoms with Crippen molar-refractivity contribution in [2.45, 2.75) is 78.7 Å². The Morgan fingerprint density at radius 3 is 2.46 bits per heavy atom. The number of hydrogen-bond donors (Lipinski definition) is 1. The molecule has 1 N–H and O–H groups in total. The molecule has 6 nitrogen and oxygen atoms in total. The molecule has 0 spiro atoms. The molecule has 6 heteroatoms. The zero-order valence-electron chi connectivity index (χ0n) is 21.9. The lowest BCUT2D eigenvalue weighted by atomic mass is 9.83. The predicted molar refractivity (Wildman–Crippen MR) is 136 cm³/mol. The van der Waals surface area contributed by atoms with Crippen LogP contribution in [0, 0.1) is 29.6 Å². The molecule has 1 aromatic heterocycles. The van der Waals surface area contributed by atoms with Crippen LogP contribution in [0.5, 0.6) is 0 Å². The Hall–Kier alpha value is -2.34. The number of rotatable bonds is 13. The summed E-state index contributed by atoms with van der Waals surface area (Å²) in [6.07, 6.45) is 4.78. The van der Waals surface area contributed by atoms with Gasteiger partial charge in [-0.1, -0.05) is 52.8 Å². The van der Waals surface area contributed by atoms with Crippen molar-refractivity contribution >= 4 is 22.9 Å². The molecule has 1 fully saturated rings. The second-order valence-corrected chi connectivity index (χ2v) is 11.3. The normalized spacial score (nSPS) is 21.3. The summed E-state index contributed by atoms with van der Waals surface area (Å²) in [4.78, 5) is 25.3. The number of ether oxygens (including phenoxy) is 2. The van der Waals surface area contributed by atoms with E-state index >= 15 is 0 Å². The van der Waals surface area contributed by atoms with Crippen LogP contribution in [0.4, 0.5) is 0 Å². The van der Waals surface area contributed by atoms with Crippen LogP contribution in [-0.4, -0.2) is 35.9 Å². The third-order valence-electron chi connectivity index (χ3n) is 6.95. The highest BCUT2D eigenvalue weighted by molar-refractivity contribution is 5.78. The monoisotopic (exact) mass is 486 g/mol. The Kier molecular flexibility index (Phi) is 9.40. The molecule has 3 rings (SSSR count). The SMILES string of the molecule is CC(C)CC(CCC1C[C@@](CO)(COC(=O)[C@@H](C)Cc2cc3ccccc3o2)OC1=O)CC(C)C. The van der Waals surface area contributed by atoms with Crippen LogP contribution in [0.15, 0.2) is 34.7 Å². The van der Waals surface area contributed by atoms with Gasteiger partial charge in [-0.3, -0.25) is 9.59 Å². The Morgan fingerprint density at radius 1 is 1.14 bits per heavy atom. The van der Waals surface area contributed by atoms with Gasteiger partial charge in [0.05, 0.1) is 18.4 Å². The van der Waals surface area contributed by atoms with E-state index in [1.165, 1.54) is 0 Å². The van der Waals surface area contributed by atoms with Crippen molar-refractivity contribution in [3.05, 3.63) is 36.1 Å². The number of esters is 2. The average Bonchev–Trinajstić information content (AvgIpc) is 3.35. The number of carbonyl (C=O) groups excluding carboxylic acids is 2. The molecule has 0 bridgehead atoms. The van der Waals surface area contributed by atoms with Gasteiger partial charge < -0.3 is 19.0 Å². The number of fused-ring (bicyclic) bond motifs is 1. The van der Waals surface area contributed by atoms with Crippen LogP contribution >= 0.6 is 0 Å². The van der Waals surface area contributed by atoms with Gasteiger partial charge in [0.25, 0.3) is 0 Å². The van der Waals surface area contributed by atoms with Crippen LogP contribution in [0.1, 0.15) is 72.5 Å². The summed E-state index contributed by atoms with van der Waals surface area (Å²) in [5, 5.41) is 11.0. The van der Waals surface area contributed by atoms with E-state index < -0.39 is 17.5 Å². The standard InChI is InChI=1S/C29H42O6/c1-19(2)12-22(13-20(3)4)10-11-24-16-29(17-30,35-28(24)32)18-33-27(31)21(5)14-25-15-23-8-6-7-9-26(23)34-25/h6-9,15,19-22,24,30H,10-14,16-18H2,1-5H3/t21-,24?,29+/m0/s1. The lowest BCUT2D eigenvalue weighted by molar-refractivity contribution is -0.169. The molecule has 2 heterocycles. The van der Waals surface area contributed by atoms with E-state index in [2.05, 4.69) is 27.7 Å². The fourth-order valence-electron chi connectivity index (χ4n) is 5.29. The van der Waals surface area contributed by atoms with E-state index in [0.29, 0.717) is 30.6 Å². The summed E-state index contributed by atoms with van der Waals surface area (Å²) in [5.74, 6) is 1.15. The Balaban J connectivity index is 1.52. The van der Waals surface area contributed by atoms with Gasteiger partial charge >= 0.3 is 11.9 Å². The van der Waals surface area contributed by atoms with Gasteiger partial charge in [-0.25, -0.2) is 0 Å². The van der Waals surface area contributed by atoms with Crippen molar-refractivity contribution in [3.63, 3.8) is 0 Å². The van der Waals surface area contributed by atoms with Crippen molar-refractivity contribution < 1.29 is 28.6 Å². The molecule has 0 radical (unpaired) electrons. The minimum Gasteiger partial charge on any atom is -0.461 e. The van der Waals surface area contributed by atoms with Gasteiger partial charge in [0.1, 0.15) is 18.0 Å². The smallest absolute Gasteiger partial charge is 0.309 e. The Morgan fingerprint density at radius 2 is 1.83 bits per heavy atom. The van der Waals surface area contributed by atoms with Crippen LogP contribution in [-0.2, 0) is 25.5 Å². The van der Waals surface area contributed by atoms with E-state index in [9.17, 15) is 14.7 Å². The van der Waals surface area contributed by atoms with Gasteiger partial charge in [-0.05, 0) is 55.6 Å². The maximum Gasteiger partial charge on any atom is 0.309 e. The van der Waals surface area contributed by atoms with Gasteiger partial charge in [-0.2, -0.15) is 0 Å². The third kappa shape index (κ3) is 7.57. The second kappa shape index (κ2) is 12.1. The molecule has 1 aromatic carbocycles. The molecular formula is C29H42O6. The predicted octanol–water partition coefficient (Wildman–Crippen LogP) is 5.94. The van der Waals surface area contributed by atoms with Gasteiger partial charge in [0.2, 0.25) is 0 Å². The van der Waals surface area contributed by atoms with Gasteiger partial charge in [-0.15, -0.1) is 0 Å². The highest BCUT2D eigenvalue weighted by Gasteiger charge is 2.47.